The standard InChI is InChI=1S/C11H23N3/c1-3-10(11(12)13)14(2)9-7-5-4-6-8-9/h9-10H,3-8H2,1-2H3,(H3,12,13). The summed E-state index contributed by atoms with van der Waals surface area (Å²) in [5.41, 5.74) is 5.60. The number of hydrogen-bond donors (Lipinski definition) is 2. The summed E-state index contributed by atoms with van der Waals surface area (Å²) in [7, 11) is 2.12. The van der Waals surface area contributed by atoms with Crippen molar-refractivity contribution in [2.75, 3.05) is 7.05 Å². The van der Waals surface area contributed by atoms with Gasteiger partial charge in [-0.15, -0.1) is 0 Å². The Hall–Kier alpha value is -0.570. The first-order valence-corrected chi connectivity index (χ1v) is 5.72. The molecule has 14 heavy (non-hydrogen) atoms. The van der Waals surface area contributed by atoms with E-state index in [1.807, 2.05) is 0 Å². The maximum Gasteiger partial charge on any atom is 0.108 e. The Morgan fingerprint density at radius 1 is 1.43 bits per heavy atom. The number of rotatable bonds is 4. The van der Waals surface area contributed by atoms with Crippen molar-refractivity contribution in [2.45, 2.75) is 57.5 Å². The topological polar surface area (TPSA) is 53.1 Å². The normalized spacial score (nSPS) is 21.1. The van der Waals surface area contributed by atoms with Crippen LogP contribution < -0.4 is 5.73 Å². The summed E-state index contributed by atoms with van der Waals surface area (Å²) in [4.78, 5) is 2.31. The van der Waals surface area contributed by atoms with Crippen LogP contribution in [0.4, 0.5) is 0 Å². The Bertz CT molecular complexity index is 185. The lowest BCUT2D eigenvalue weighted by molar-refractivity contribution is 0.165. The zero-order chi connectivity index (χ0) is 10.6. The van der Waals surface area contributed by atoms with Crippen molar-refractivity contribution in [2.24, 2.45) is 5.73 Å². The van der Waals surface area contributed by atoms with Gasteiger partial charge in [0.2, 0.25) is 0 Å². The van der Waals surface area contributed by atoms with Gasteiger partial charge in [0, 0.05) is 6.04 Å². The molecule has 1 atom stereocenters. The van der Waals surface area contributed by atoms with Gasteiger partial charge in [-0.2, -0.15) is 0 Å². The van der Waals surface area contributed by atoms with Crippen molar-refractivity contribution in [3.05, 3.63) is 0 Å². The minimum atomic E-state index is 0.151. The molecule has 82 valence electrons. The van der Waals surface area contributed by atoms with E-state index in [0.29, 0.717) is 11.9 Å². The molecule has 1 aliphatic rings. The highest BCUT2D eigenvalue weighted by Gasteiger charge is 2.24. The van der Waals surface area contributed by atoms with Gasteiger partial charge in [-0.3, -0.25) is 10.3 Å². The van der Waals surface area contributed by atoms with Gasteiger partial charge in [-0.1, -0.05) is 26.2 Å². The molecule has 1 saturated carbocycles. The van der Waals surface area contributed by atoms with Gasteiger partial charge in [-0.25, -0.2) is 0 Å². The first-order valence-electron chi connectivity index (χ1n) is 5.72. The molecule has 0 amide bonds. The van der Waals surface area contributed by atoms with Gasteiger partial charge in [0.05, 0.1) is 6.04 Å². The maximum absolute atomic E-state index is 7.54. The third kappa shape index (κ3) is 2.71. The van der Waals surface area contributed by atoms with E-state index in [9.17, 15) is 0 Å². The lowest BCUT2D eigenvalue weighted by Crippen LogP contribution is -2.47. The van der Waals surface area contributed by atoms with Gasteiger partial charge in [-0.05, 0) is 26.3 Å². The van der Waals surface area contributed by atoms with Crippen molar-refractivity contribution in [1.29, 1.82) is 5.41 Å². The Morgan fingerprint density at radius 2 is 2.00 bits per heavy atom. The molecule has 0 spiro atoms. The van der Waals surface area contributed by atoms with Crippen molar-refractivity contribution >= 4 is 5.84 Å². The van der Waals surface area contributed by atoms with Gasteiger partial charge in [0.1, 0.15) is 5.84 Å². The van der Waals surface area contributed by atoms with E-state index in [2.05, 4.69) is 18.9 Å². The molecule has 0 radical (unpaired) electrons. The summed E-state index contributed by atoms with van der Waals surface area (Å²) in [6.07, 6.45) is 7.55. The monoisotopic (exact) mass is 197 g/mol. The number of nitrogens with two attached hydrogens (primary N) is 1. The molecular weight excluding hydrogens is 174 g/mol. The van der Waals surface area contributed by atoms with E-state index in [0.717, 1.165) is 6.42 Å². The highest BCUT2D eigenvalue weighted by atomic mass is 15.2. The molecule has 1 unspecified atom stereocenters. The zero-order valence-electron chi connectivity index (χ0n) is 9.42. The SMILES string of the molecule is CCC(C(=N)N)N(C)C1CCCCC1. The summed E-state index contributed by atoms with van der Waals surface area (Å²) in [6, 6.07) is 0.802. The van der Waals surface area contributed by atoms with Crippen LogP contribution in [0.3, 0.4) is 0 Å². The number of nitrogens with zero attached hydrogens (tertiary/aromatic N) is 1. The molecule has 0 aromatic rings. The Balaban J connectivity index is 2.51. The summed E-state index contributed by atoms with van der Waals surface area (Å²) in [6.45, 7) is 2.10. The van der Waals surface area contributed by atoms with Gasteiger partial charge in [0.25, 0.3) is 0 Å². The van der Waals surface area contributed by atoms with Crippen LogP contribution in [-0.4, -0.2) is 29.9 Å². The highest BCUT2D eigenvalue weighted by Crippen LogP contribution is 2.23. The Labute approximate surface area is 87.2 Å². The van der Waals surface area contributed by atoms with E-state index < -0.39 is 0 Å². The number of likely N-dealkylation sites (N-methyl/N-ethyl adjacent to an activating group) is 1. The van der Waals surface area contributed by atoms with E-state index in [4.69, 9.17) is 11.1 Å². The lowest BCUT2D eigenvalue weighted by Gasteiger charge is -2.36. The molecule has 1 fully saturated rings. The van der Waals surface area contributed by atoms with Gasteiger partial charge < -0.3 is 5.73 Å². The van der Waals surface area contributed by atoms with Crippen LogP contribution in [0.15, 0.2) is 0 Å². The van der Waals surface area contributed by atoms with Crippen molar-refractivity contribution in [3.8, 4) is 0 Å². The van der Waals surface area contributed by atoms with Crippen LogP contribution >= 0.6 is 0 Å². The number of amidine groups is 1. The average Bonchev–Trinajstić information content (AvgIpc) is 2.19. The Kier molecular flexibility index (Phi) is 4.39. The van der Waals surface area contributed by atoms with E-state index in [1.165, 1.54) is 32.1 Å². The zero-order valence-corrected chi connectivity index (χ0v) is 9.42. The third-order valence-corrected chi connectivity index (χ3v) is 3.39. The summed E-state index contributed by atoms with van der Waals surface area (Å²) >= 11 is 0. The van der Waals surface area contributed by atoms with Crippen LogP contribution in [0.25, 0.3) is 0 Å². The fraction of sp³-hybridized carbons (Fsp3) is 0.909. The van der Waals surface area contributed by atoms with E-state index in [1.54, 1.807) is 0 Å². The molecule has 0 aromatic carbocycles. The lowest BCUT2D eigenvalue weighted by atomic mass is 9.93. The van der Waals surface area contributed by atoms with Crippen molar-refractivity contribution in [1.82, 2.24) is 4.90 Å². The van der Waals surface area contributed by atoms with E-state index >= 15 is 0 Å². The predicted octanol–water partition coefficient (Wildman–Crippen LogP) is 1.97. The Morgan fingerprint density at radius 3 is 2.43 bits per heavy atom. The molecule has 1 aliphatic carbocycles. The number of nitrogens with one attached hydrogen (secondary N) is 1. The second-order valence-electron chi connectivity index (χ2n) is 4.34. The van der Waals surface area contributed by atoms with Crippen LogP contribution in [0, 0.1) is 5.41 Å². The molecule has 0 bridgehead atoms. The van der Waals surface area contributed by atoms with Gasteiger partial charge in [0.15, 0.2) is 0 Å². The molecule has 0 heterocycles. The molecule has 0 aromatic heterocycles. The molecule has 1 rings (SSSR count). The van der Waals surface area contributed by atoms with Crippen molar-refractivity contribution in [3.63, 3.8) is 0 Å². The molecule has 3 heteroatoms. The fourth-order valence-corrected chi connectivity index (χ4v) is 2.47. The first-order chi connectivity index (χ1) is 6.66. The average molecular weight is 197 g/mol. The minimum absolute atomic E-state index is 0.151. The maximum atomic E-state index is 7.54. The molecule has 3 N–H and O–H groups in total. The summed E-state index contributed by atoms with van der Waals surface area (Å²) in [5.74, 6) is 0.320. The first kappa shape index (κ1) is 11.5. The van der Waals surface area contributed by atoms with Crippen LogP contribution in [0.5, 0.6) is 0 Å². The third-order valence-electron chi connectivity index (χ3n) is 3.39. The van der Waals surface area contributed by atoms with Crippen LogP contribution in [0.2, 0.25) is 0 Å². The highest BCUT2D eigenvalue weighted by molar-refractivity contribution is 5.82. The summed E-state index contributed by atoms with van der Waals surface area (Å²) < 4.78 is 0. The van der Waals surface area contributed by atoms with Crippen molar-refractivity contribution < 1.29 is 0 Å². The second kappa shape index (κ2) is 5.35. The quantitative estimate of drug-likeness (QED) is 0.535. The van der Waals surface area contributed by atoms with Gasteiger partial charge >= 0.3 is 0 Å². The number of hydrogen-bond acceptors (Lipinski definition) is 2. The smallest absolute Gasteiger partial charge is 0.108 e. The summed E-state index contributed by atoms with van der Waals surface area (Å²) in [5, 5.41) is 7.54. The molecule has 0 saturated heterocycles. The van der Waals surface area contributed by atoms with Crippen LogP contribution in [0.1, 0.15) is 45.4 Å². The van der Waals surface area contributed by atoms with Crippen LogP contribution in [-0.2, 0) is 0 Å². The molecule has 0 aliphatic heterocycles. The van der Waals surface area contributed by atoms with E-state index in [-0.39, 0.29) is 6.04 Å². The fourth-order valence-electron chi connectivity index (χ4n) is 2.47. The second-order valence-corrected chi connectivity index (χ2v) is 4.34. The minimum Gasteiger partial charge on any atom is -0.386 e. The largest absolute Gasteiger partial charge is 0.386 e. The predicted molar refractivity (Wildman–Crippen MR) is 60.6 cm³/mol. The molecular formula is C11H23N3. The molecule has 3 nitrogen and oxygen atoms in total.